The van der Waals surface area contributed by atoms with Crippen molar-refractivity contribution in [3.05, 3.63) is 101 Å². The Hall–Kier alpha value is -3.70. The first-order valence-corrected chi connectivity index (χ1v) is 18.8. The van der Waals surface area contributed by atoms with Gasteiger partial charge in [0, 0.05) is 56.1 Å². The minimum Gasteiger partial charge on any atom is -0.806 e. The van der Waals surface area contributed by atoms with Gasteiger partial charge in [-0.05, 0) is 47.5 Å². The summed E-state index contributed by atoms with van der Waals surface area (Å²) < 4.78 is 122. The molecule has 2 aliphatic heterocycles. The monoisotopic (exact) mass is 993 g/mol. The maximum atomic E-state index is 14.2. The highest BCUT2D eigenvalue weighted by atomic mass is 79.9. The van der Waals surface area contributed by atoms with Crippen LogP contribution < -0.4 is 26.2 Å². The van der Waals surface area contributed by atoms with Crippen LogP contribution in [-0.2, 0) is 44.0 Å². The number of alkyl halides is 8. The number of rotatable bonds is 13. The van der Waals surface area contributed by atoms with Crippen molar-refractivity contribution in [3.63, 3.8) is 0 Å². The quantitative estimate of drug-likeness (QED) is 0.141. The Bertz CT molecular complexity index is 2190. The Morgan fingerprint density at radius 1 is 0.727 bits per heavy atom. The van der Waals surface area contributed by atoms with Crippen molar-refractivity contribution in [1.29, 1.82) is 0 Å². The lowest BCUT2D eigenvalue weighted by Crippen LogP contribution is -2.54. The molecule has 0 bridgehead atoms. The molecule has 0 fully saturated rings. The van der Waals surface area contributed by atoms with E-state index in [0.717, 1.165) is 42.5 Å². The first-order valence-electron chi connectivity index (χ1n) is 14.9. The van der Waals surface area contributed by atoms with Crippen LogP contribution >= 0.6 is 55.4 Å². The smallest absolute Gasteiger partial charge is 0.442 e. The minimum atomic E-state index is -6.47. The van der Waals surface area contributed by atoms with Crippen molar-refractivity contribution in [1.82, 2.24) is 10.6 Å². The summed E-state index contributed by atoms with van der Waals surface area (Å²) in [6, 6.07) is 5.18. The highest BCUT2D eigenvalue weighted by Gasteiger charge is 2.66. The van der Waals surface area contributed by atoms with Crippen LogP contribution in [0.25, 0.3) is 0 Å². The average Bonchev–Trinajstić information content (AvgIpc) is 3.96. The van der Waals surface area contributed by atoms with Crippen LogP contribution in [0.4, 0.5) is 35.1 Å². The second-order valence-corrected chi connectivity index (χ2v) is 16.3. The number of nitrogens with zero attached hydrogens (tertiary/aromatic N) is 4. The summed E-state index contributed by atoms with van der Waals surface area (Å²) in [5.74, 6) is -3.58. The maximum Gasteiger partial charge on any atom is 0.442 e. The molecule has 0 radical (unpaired) electrons. The number of nitrogens with two attached hydrogens (primary N) is 1. The highest BCUT2D eigenvalue weighted by molar-refractivity contribution is 9.11. The number of amides is 3. The van der Waals surface area contributed by atoms with Gasteiger partial charge < -0.3 is 30.7 Å². The van der Waals surface area contributed by atoms with Crippen molar-refractivity contribution in [2.45, 2.75) is 54.3 Å². The molecule has 2 aliphatic rings. The largest absolute Gasteiger partial charge is 0.806 e. The van der Waals surface area contributed by atoms with Crippen LogP contribution in [0.3, 0.4) is 0 Å². The first-order chi connectivity index (χ1) is 25.2. The van der Waals surface area contributed by atoms with Gasteiger partial charge in [0.15, 0.2) is 0 Å². The second-order valence-electron chi connectivity index (χ2n) is 12.1. The zero-order chi connectivity index (χ0) is 41.1. The fourth-order valence-corrected chi connectivity index (χ4v) is 7.62. The third-order valence-electron chi connectivity index (χ3n) is 8.18. The molecule has 0 aromatic heterocycles. The minimum absolute atomic E-state index is 0.00934. The Morgan fingerprint density at radius 3 is 1.71 bits per heavy atom. The molecule has 0 aliphatic carbocycles. The van der Waals surface area contributed by atoms with Gasteiger partial charge in [-0.2, -0.15) is 35.1 Å². The van der Waals surface area contributed by atoms with Gasteiger partial charge in [0.2, 0.25) is 11.8 Å². The van der Waals surface area contributed by atoms with Crippen LogP contribution in [0.15, 0.2) is 88.5 Å². The van der Waals surface area contributed by atoms with E-state index in [9.17, 15) is 63.9 Å². The van der Waals surface area contributed by atoms with Crippen molar-refractivity contribution in [2.75, 3.05) is 0 Å². The molecule has 5 rings (SSSR count). The lowest BCUT2D eigenvalue weighted by Gasteiger charge is -2.38. The van der Waals surface area contributed by atoms with Crippen molar-refractivity contribution in [2.24, 2.45) is 26.2 Å². The normalized spacial score (nSPS) is 17.0. The number of nitrogens with one attached hydrogen (secondary N) is 2. The number of primary amides is 1. The summed E-state index contributed by atoms with van der Waals surface area (Å²) in [6.07, 6.45) is -11.1. The van der Waals surface area contributed by atoms with Crippen LogP contribution in [0, 0.1) is 0 Å². The summed E-state index contributed by atoms with van der Waals surface area (Å²) in [6.45, 7) is 0. The number of carbonyl (C=O) groups is 3. The van der Waals surface area contributed by atoms with E-state index in [1.165, 1.54) is 6.07 Å². The van der Waals surface area contributed by atoms with Gasteiger partial charge >= 0.3 is 23.7 Å². The standard InChI is InChI=1S/C30H21Br3F8N7O6P/c31-17-4-13(3-15(10-17)26(45-46-26)29(36,37)38)7-22(44-24(50)14-8-16(11-18(32)9-14)27(47-48-27)30(39,40)41)25(51)43-21(23(42)49)6-12-1-2-19(20(33)5-12)28(34,35)55(52,53)54/h1-5,8-11,21-22H,6-7H2,(H2,42,49)(H,43,51)(H,44,50)(H2,52,53,54)/p-2/t21-,22-/m0/s1. The molecule has 4 N–H and O–H groups in total. The molecular formula is C30H19Br3F8N7O6P-2. The van der Waals surface area contributed by atoms with Crippen LogP contribution in [0.2, 0.25) is 0 Å². The molecule has 3 aromatic rings. The van der Waals surface area contributed by atoms with Crippen LogP contribution in [0.1, 0.15) is 38.2 Å². The molecule has 0 unspecified atom stereocenters. The van der Waals surface area contributed by atoms with Crippen molar-refractivity contribution < 1.29 is 63.9 Å². The molecule has 3 aromatic carbocycles. The van der Waals surface area contributed by atoms with Gasteiger partial charge in [0.25, 0.3) is 11.6 Å². The molecular weight excluding hydrogens is 977 g/mol. The molecule has 3 amide bonds. The van der Waals surface area contributed by atoms with Gasteiger partial charge in [0.1, 0.15) is 12.1 Å². The third kappa shape index (κ3) is 8.68. The topological polar surface area (TPSA) is 214 Å². The summed E-state index contributed by atoms with van der Waals surface area (Å²) in [4.78, 5) is 62.1. The van der Waals surface area contributed by atoms with Gasteiger partial charge in [-0.3, -0.25) is 14.4 Å². The zero-order valence-electron chi connectivity index (χ0n) is 26.7. The summed E-state index contributed by atoms with van der Waals surface area (Å²) >= 11 is 8.85. The second kappa shape index (κ2) is 14.7. The van der Waals surface area contributed by atoms with E-state index < -0.39 is 106 Å². The SMILES string of the molecule is NC(=O)[C@H](Cc1ccc(C(F)(F)P(=O)([O-])[O-])c(Br)c1)NC(=O)[C@H](Cc1cc(Br)cc(C2(C(F)(F)F)N=N2)c1)NC(=O)c1cc(Br)cc(C2(C(F)(F)F)N=N2)c1. The highest BCUT2D eigenvalue weighted by Crippen LogP contribution is 2.56. The lowest BCUT2D eigenvalue weighted by atomic mass is 9.96. The molecule has 25 heteroatoms. The van der Waals surface area contributed by atoms with Gasteiger partial charge in [-0.15, -0.1) is 20.5 Å². The Balaban J connectivity index is 1.46. The fourth-order valence-electron chi connectivity index (χ4n) is 5.27. The van der Waals surface area contributed by atoms with Gasteiger partial charge in [-0.25, -0.2) is 0 Å². The van der Waals surface area contributed by atoms with Crippen LogP contribution in [0.5, 0.6) is 0 Å². The zero-order valence-corrected chi connectivity index (χ0v) is 32.3. The Kier molecular flexibility index (Phi) is 11.3. The molecule has 294 valence electrons. The summed E-state index contributed by atoms with van der Waals surface area (Å²) in [5, 5.41) is 17.0. The lowest BCUT2D eigenvalue weighted by molar-refractivity contribution is -0.335. The first kappa shape index (κ1) is 42.4. The maximum absolute atomic E-state index is 14.2. The fraction of sp³-hybridized carbons (Fsp3) is 0.300. The molecule has 0 saturated heterocycles. The molecule has 2 heterocycles. The predicted octanol–water partition coefficient (Wildman–Crippen LogP) is 5.85. The third-order valence-corrected chi connectivity index (χ3v) is 10.7. The number of halogens is 11. The predicted molar refractivity (Wildman–Crippen MR) is 179 cm³/mol. The Morgan fingerprint density at radius 2 is 1.24 bits per heavy atom. The molecule has 2 atom stereocenters. The van der Waals surface area contributed by atoms with E-state index >= 15 is 0 Å². The van der Waals surface area contributed by atoms with E-state index in [-0.39, 0.29) is 20.1 Å². The molecule has 0 spiro atoms. The average molecular weight is 996 g/mol. The number of hydrogen-bond acceptors (Lipinski definition) is 10. The van der Waals surface area contributed by atoms with Crippen molar-refractivity contribution >= 4 is 73.1 Å². The molecule has 55 heavy (non-hydrogen) atoms. The van der Waals surface area contributed by atoms with Crippen LogP contribution in [-0.4, -0.2) is 42.2 Å². The molecule has 0 saturated carbocycles. The van der Waals surface area contributed by atoms with Crippen molar-refractivity contribution in [3.8, 4) is 0 Å². The van der Waals surface area contributed by atoms with E-state index in [1.807, 2.05) is 0 Å². The van der Waals surface area contributed by atoms with E-state index in [4.69, 9.17) is 5.73 Å². The molecule has 13 nitrogen and oxygen atoms in total. The number of hydrogen-bond donors (Lipinski definition) is 3. The van der Waals surface area contributed by atoms with E-state index in [0.29, 0.717) is 6.07 Å². The number of carbonyl (C=O) groups excluding carboxylic acids is 3. The van der Waals surface area contributed by atoms with Gasteiger partial charge in [-0.1, -0.05) is 66.0 Å². The summed E-state index contributed by atoms with van der Waals surface area (Å²) in [5.41, 5.74) is -7.95. The van der Waals surface area contributed by atoms with E-state index in [1.54, 1.807) is 0 Å². The van der Waals surface area contributed by atoms with Gasteiger partial charge in [0.05, 0.1) is 0 Å². The Labute approximate surface area is 328 Å². The van der Waals surface area contributed by atoms with E-state index in [2.05, 4.69) is 78.9 Å². The summed E-state index contributed by atoms with van der Waals surface area (Å²) in [7, 11) is -6.47. The number of benzene rings is 3.